The van der Waals surface area contributed by atoms with E-state index in [-0.39, 0.29) is 6.42 Å². The van der Waals surface area contributed by atoms with Crippen LogP contribution in [0, 0.1) is 11.8 Å². The van der Waals surface area contributed by atoms with Crippen molar-refractivity contribution in [1.82, 2.24) is 0 Å². The summed E-state index contributed by atoms with van der Waals surface area (Å²) in [6, 6.07) is 5.31. The normalized spacial score (nSPS) is 12.5. The van der Waals surface area contributed by atoms with E-state index in [1.807, 2.05) is 0 Å². The number of fused-ring (bicyclic) bond motifs is 1. The lowest BCUT2D eigenvalue weighted by Gasteiger charge is -2.17. The third kappa shape index (κ3) is 2.45. The molecule has 0 spiro atoms. The van der Waals surface area contributed by atoms with Gasteiger partial charge in [0, 0.05) is 5.56 Å². The molecule has 0 aliphatic carbocycles. The maximum absolute atomic E-state index is 10.3. The smallest absolute Gasteiger partial charge is 0.315 e. The molecule has 1 aliphatic rings. The number of benzene rings is 1. The van der Waals surface area contributed by atoms with E-state index in [0.29, 0.717) is 24.7 Å². The molecule has 0 amide bonds. The molecule has 16 heavy (non-hydrogen) atoms. The van der Waals surface area contributed by atoms with Gasteiger partial charge in [0.1, 0.15) is 19.6 Å². The van der Waals surface area contributed by atoms with Crippen molar-refractivity contribution in [1.29, 1.82) is 0 Å². The predicted octanol–water partition coefficient (Wildman–Crippen LogP) is 1.28. The molecule has 1 heterocycles. The standard InChI is InChI=1S/C12H10O4/c13-12(14)3-1-2-9-4-5-10-11(8-9)16-7-6-15-10/h4-5,8H,3,6-7H2,(H,13,14). The summed E-state index contributed by atoms with van der Waals surface area (Å²) in [5, 5.41) is 8.44. The van der Waals surface area contributed by atoms with E-state index >= 15 is 0 Å². The van der Waals surface area contributed by atoms with E-state index in [9.17, 15) is 4.79 Å². The summed E-state index contributed by atoms with van der Waals surface area (Å²) in [6.45, 7) is 1.08. The Hall–Kier alpha value is -2.15. The van der Waals surface area contributed by atoms with Gasteiger partial charge in [-0.3, -0.25) is 4.79 Å². The van der Waals surface area contributed by atoms with Crippen LogP contribution in [0.4, 0.5) is 0 Å². The van der Waals surface area contributed by atoms with Crippen LogP contribution in [-0.2, 0) is 4.79 Å². The molecule has 2 rings (SSSR count). The van der Waals surface area contributed by atoms with Gasteiger partial charge in [-0.15, -0.1) is 0 Å². The Morgan fingerprint density at radius 2 is 2.06 bits per heavy atom. The van der Waals surface area contributed by atoms with Crippen molar-refractivity contribution in [3.8, 4) is 23.3 Å². The quantitative estimate of drug-likeness (QED) is 0.721. The van der Waals surface area contributed by atoms with Gasteiger partial charge in [0.2, 0.25) is 0 Å². The minimum atomic E-state index is -0.926. The molecule has 0 radical (unpaired) electrons. The first kappa shape index (κ1) is 10.4. The fraction of sp³-hybridized carbons (Fsp3) is 0.250. The topological polar surface area (TPSA) is 55.8 Å². The third-order valence-corrected chi connectivity index (χ3v) is 2.01. The Labute approximate surface area is 92.8 Å². The fourth-order valence-corrected chi connectivity index (χ4v) is 1.34. The van der Waals surface area contributed by atoms with E-state index in [1.54, 1.807) is 18.2 Å². The number of carboxylic acids is 1. The maximum atomic E-state index is 10.3. The fourth-order valence-electron chi connectivity index (χ4n) is 1.34. The zero-order chi connectivity index (χ0) is 11.4. The van der Waals surface area contributed by atoms with Crippen LogP contribution < -0.4 is 9.47 Å². The average Bonchev–Trinajstić information content (AvgIpc) is 2.28. The van der Waals surface area contributed by atoms with Crippen LogP contribution in [0.3, 0.4) is 0 Å². The molecule has 4 heteroatoms. The Kier molecular flexibility index (Phi) is 2.97. The molecular formula is C12H10O4. The van der Waals surface area contributed by atoms with Crippen molar-refractivity contribution < 1.29 is 19.4 Å². The molecule has 0 atom stereocenters. The first-order chi connectivity index (χ1) is 7.75. The van der Waals surface area contributed by atoms with Crippen molar-refractivity contribution in [2.45, 2.75) is 6.42 Å². The number of hydrogen-bond acceptors (Lipinski definition) is 3. The van der Waals surface area contributed by atoms with Crippen molar-refractivity contribution in [3.05, 3.63) is 23.8 Å². The number of ether oxygens (including phenoxy) is 2. The Balaban J connectivity index is 2.16. The summed E-state index contributed by atoms with van der Waals surface area (Å²) in [4.78, 5) is 10.3. The maximum Gasteiger partial charge on any atom is 0.315 e. The van der Waals surface area contributed by atoms with Gasteiger partial charge >= 0.3 is 5.97 Å². The molecule has 0 saturated heterocycles. The van der Waals surface area contributed by atoms with E-state index in [1.165, 1.54) is 0 Å². The minimum absolute atomic E-state index is 0.158. The molecular weight excluding hydrogens is 208 g/mol. The Bertz CT molecular complexity index is 468. The molecule has 0 fully saturated rings. The van der Waals surface area contributed by atoms with Gasteiger partial charge in [-0.2, -0.15) is 0 Å². The van der Waals surface area contributed by atoms with Crippen LogP contribution in [0.1, 0.15) is 12.0 Å². The largest absolute Gasteiger partial charge is 0.486 e. The molecule has 1 aromatic rings. The summed E-state index contributed by atoms with van der Waals surface area (Å²) in [6.07, 6.45) is -0.158. The highest BCUT2D eigenvalue weighted by atomic mass is 16.6. The summed E-state index contributed by atoms with van der Waals surface area (Å²) >= 11 is 0. The second kappa shape index (κ2) is 4.58. The zero-order valence-corrected chi connectivity index (χ0v) is 8.53. The number of hydrogen-bond donors (Lipinski definition) is 1. The molecule has 0 unspecified atom stereocenters. The van der Waals surface area contributed by atoms with E-state index in [0.717, 1.165) is 5.56 Å². The molecule has 1 N–H and O–H groups in total. The van der Waals surface area contributed by atoms with E-state index in [2.05, 4.69) is 11.8 Å². The number of carbonyl (C=O) groups is 1. The summed E-state index contributed by atoms with van der Waals surface area (Å²) in [5.74, 6) is 5.76. The zero-order valence-electron chi connectivity index (χ0n) is 8.53. The van der Waals surface area contributed by atoms with Crippen LogP contribution in [0.5, 0.6) is 11.5 Å². The number of rotatable bonds is 1. The molecule has 4 nitrogen and oxygen atoms in total. The van der Waals surface area contributed by atoms with Crippen LogP contribution in [-0.4, -0.2) is 24.3 Å². The van der Waals surface area contributed by atoms with Crippen LogP contribution in [0.15, 0.2) is 18.2 Å². The summed E-state index contributed by atoms with van der Waals surface area (Å²) in [7, 11) is 0. The SMILES string of the molecule is O=C(O)CC#Cc1ccc2c(c1)OCCO2. The van der Waals surface area contributed by atoms with Crippen LogP contribution in [0.2, 0.25) is 0 Å². The van der Waals surface area contributed by atoms with Gasteiger partial charge in [-0.25, -0.2) is 0 Å². The molecule has 0 saturated carbocycles. The monoisotopic (exact) mass is 218 g/mol. The molecule has 0 bridgehead atoms. The van der Waals surface area contributed by atoms with Crippen molar-refractivity contribution >= 4 is 5.97 Å². The van der Waals surface area contributed by atoms with Gasteiger partial charge < -0.3 is 14.6 Å². The third-order valence-electron chi connectivity index (χ3n) is 2.01. The molecule has 0 aromatic heterocycles. The number of carboxylic acid groups (broad SMARTS) is 1. The second-order valence-corrected chi connectivity index (χ2v) is 3.23. The minimum Gasteiger partial charge on any atom is -0.486 e. The van der Waals surface area contributed by atoms with Gasteiger partial charge in [0.25, 0.3) is 0 Å². The van der Waals surface area contributed by atoms with E-state index in [4.69, 9.17) is 14.6 Å². The van der Waals surface area contributed by atoms with Gasteiger partial charge in [-0.1, -0.05) is 11.8 Å². The highest BCUT2D eigenvalue weighted by molar-refractivity contribution is 5.70. The van der Waals surface area contributed by atoms with Gasteiger partial charge in [0.15, 0.2) is 11.5 Å². The van der Waals surface area contributed by atoms with Crippen molar-refractivity contribution in [2.75, 3.05) is 13.2 Å². The second-order valence-electron chi connectivity index (χ2n) is 3.23. The van der Waals surface area contributed by atoms with Crippen molar-refractivity contribution in [2.24, 2.45) is 0 Å². The highest BCUT2D eigenvalue weighted by Crippen LogP contribution is 2.30. The lowest BCUT2D eigenvalue weighted by molar-refractivity contribution is -0.135. The Morgan fingerprint density at radius 1 is 1.31 bits per heavy atom. The Morgan fingerprint density at radius 3 is 2.81 bits per heavy atom. The molecule has 1 aromatic carbocycles. The lowest BCUT2D eigenvalue weighted by atomic mass is 10.2. The van der Waals surface area contributed by atoms with Crippen LogP contribution in [0.25, 0.3) is 0 Å². The molecule has 82 valence electrons. The summed E-state index contributed by atoms with van der Waals surface area (Å²) in [5.41, 5.74) is 0.727. The van der Waals surface area contributed by atoms with Crippen molar-refractivity contribution in [3.63, 3.8) is 0 Å². The number of aliphatic carboxylic acids is 1. The van der Waals surface area contributed by atoms with Crippen LogP contribution >= 0.6 is 0 Å². The molecule has 1 aliphatic heterocycles. The average molecular weight is 218 g/mol. The van der Waals surface area contributed by atoms with E-state index < -0.39 is 5.97 Å². The predicted molar refractivity (Wildman–Crippen MR) is 56.6 cm³/mol. The highest BCUT2D eigenvalue weighted by Gasteiger charge is 2.10. The van der Waals surface area contributed by atoms with Gasteiger partial charge in [0.05, 0.1) is 0 Å². The lowest BCUT2D eigenvalue weighted by Crippen LogP contribution is -2.15. The first-order valence-corrected chi connectivity index (χ1v) is 4.86. The summed E-state index contributed by atoms with van der Waals surface area (Å²) < 4.78 is 10.7. The van der Waals surface area contributed by atoms with Gasteiger partial charge in [-0.05, 0) is 18.2 Å². The first-order valence-electron chi connectivity index (χ1n) is 4.86.